The van der Waals surface area contributed by atoms with Gasteiger partial charge in [0.1, 0.15) is 5.76 Å². The average Bonchev–Trinajstić information content (AvgIpc) is 2.48. The topological polar surface area (TPSA) is 22.1 Å². The number of aromatic nitrogens is 1. The van der Waals surface area contributed by atoms with Gasteiger partial charge in [-0.1, -0.05) is 43.3 Å². The second-order valence-electron chi connectivity index (χ2n) is 3.43. The van der Waals surface area contributed by atoms with Crippen LogP contribution < -0.4 is 0 Å². The molecule has 2 nitrogen and oxygen atoms in total. The Morgan fingerprint density at radius 1 is 1.06 bits per heavy atom. The lowest BCUT2D eigenvalue weighted by Crippen LogP contribution is -2.15. The minimum atomic E-state index is -0.0401. The van der Waals surface area contributed by atoms with E-state index >= 15 is 0 Å². The molecular formula is C15H16BNO. The average molecular weight is 237 g/mol. The normalized spacial score (nSPS) is 13.0. The van der Waals surface area contributed by atoms with Gasteiger partial charge in [-0.2, -0.15) is 0 Å². The molecule has 0 amide bonds. The number of nitrogens with zero attached hydrogens (tertiary/aromatic N) is 1. The van der Waals surface area contributed by atoms with Crippen LogP contribution in [0, 0.1) is 0 Å². The van der Waals surface area contributed by atoms with E-state index in [2.05, 4.69) is 24.7 Å². The molecule has 0 saturated heterocycles. The van der Waals surface area contributed by atoms with E-state index in [0.717, 1.165) is 11.3 Å². The fourth-order valence-corrected chi connectivity index (χ4v) is 1.31. The highest BCUT2D eigenvalue weighted by Gasteiger charge is 2.14. The predicted molar refractivity (Wildman–Crippen MR) is 77.8 cm³/mol. The molecule has 0 fully saturated rings. The van der Waals surface area contributed by atoms with Crippen LogP contribution in [0.4, 0.5) is 0 Å². The minimum Gasteiger partial charge on any atom is -0.552 e. The van der Waals surface area contributed by atoms with Crippen molar-refractivity contribution in [2.45, 2.75) is 0 Å². The summed E-state index contributed by atoms with van der Waals surface area (Å²) in [5.74, 6) is 4.43. The van der Waals surface area contributed by atoms with E-state index in [4.69, 9.17) is 4.65 Å². The molecular weight excluding hydrogens is 221 g/mol. The summed E-state index contributed by atoms with van der Waals surface area (Å²) < 4.78 is 5.47. The molecule has 0 aromatic carbocycles. The molecule has 90 valence electrons. The first-order valence-corrected chi connectivity index (χ1v) is 5.63. The second kappa shape index (κ2) is 7.90. The standard InChI is InChI=1S/C10H11BO.C5H5N/c1-4-9-7-8-11(6-3)12-10(9)5-2;1-2-4-6-5-3-1/h4-8H,1-3H2;1-5H. The van der Waals surface area contributed by atoms with Crippen LogP contribution in [0.15, 0.2) is 91.8 Å². The maximum Gasteiger partial charge on any atom is 0.410 e. The molecule has 1 aliphatic heterocycles. The van der Waals surface area contributed by atoms with E-state index in [-0.39, 0.29) is 6.92 Å². The van der Waals surface area contributed by atoms with Crippen molar-refractivity contribution in [1.29, 1.82) is 0 Å². The zero-order chi connectivity index (χ0) is 13.2. The third kappa shape index (κ3) is 4.30. The van der Waals surface area contributed by atoms with Crippen molar-refractivity contribution < 1.29 is 4.65 Å². The Balaban J connectivity index is 0.000000225. The van der Waals surface area contributed by atoms with Gasteiger partial charge in [0.25, 0.3) is 0 Å². The van der Waals surface area contributed by atoms with Crippen LogP contribution in [0.1, 0.15) is 0 Å². The van der Waals surface area contributed by atoms with Gasteiger partial charge in [-0.3, -0.25) is 4.98 Å². The third-order valence-corrected chi connectivity index (χ3v) is 2.22. The summed E-state index contributed by atoms with van der Waals surface area (Å²) in [4.78, 5) is 3.78. The van der Waals surface area contributed by atoms with Crippen LogP contribution in [-0.4, -0.2) is 11.9 Å². The Kier molecular flexibility index (Phi) is 6.05. The van der Waals surface area contributed by atoms with Crippen LogP contribution in [0.2, 0.25) is 0 Å². The first-order valence-electron chi connectivity index (χ1n) is 5.63. The molecule has 1 aromatic heterocycles. The van der Waals surface area contributed by atoms with Gasteiger partial charge < -0.3 is 4.65 Å². The molecule has 0 unspecified atom stereocenters. The Bertz CT molecular complexity index is 436. The molecule has 0 bridgehead atoms. The number of pyridine rings is 1. The fraction of sp³-hybridized carbons (Fsp3) is 0. The summed E-state index contributed by atoms with van der Waals surface area (Å²) in [6.07, 6.45) is 8.88. The minimum absolute atomic E-state index is 0.0401. The highest BCUT2D eigenvalue weighted by molar-refractivity contribution is 6.63. The first-order chi connectivity index (χ1) is 8.81. The monoisotopic (exact) mass is 237 g/mol. The maximum atomic E-state index is 5.47. The van der Waals surface area contributed by atoms with Gasteiger partial charge in [0.05, 0.1) is 0 Å². The lowest BCUT2D eigenvalue weighted by molar-refractivity contribution is 0.463. The summed E-state index contributed by atoms with van der Waals surface area (Å²) >= 11 is 0. The van der Waals surface area contributed by atoms with Crippen molar-refractivity contribution in [3.05, 3.63) is 91.8 Å². The molecule has 2 rings (SSSR count). The Hall–Kier alpha value is -2.29. The van der Waals surface area contributed by atoms with Gasteiger partial charge in [-0.15, -0.1) is 6.58 Å². The third-order valence-electron chi connectivity index (χ3n) is 2.22. The largest absolute Gasteiger partial charge is 0.552 e. The van der Waals surface area contributed by atoms with E-state index in [1.54, 1.807) is 30.5 Å². The molecule has 0 radical (unpaired) electrons. The van der Waals surface area contributed by atoms with Crippen molar-refractivity contribution in [2.75, 3.05) is 0 Å². The smallest absolute Gasteiger partial charge is 0.410 e. The summed E-state index contributed by atoms with van der Waals surface area (Å²) in [6.45, 7) is 10.9. The molecule has 0 aliphatic carbocycles. The molecule has 0 saturated carbocycles. The Labute approximate surface area is 109 Å². The van der Waals surface area contributed by atoms with Crippen LogP contribution >= 0.6 is 0 Å². The van der Waals surface area contributed by atoms with Gasteiger partial charge in [-0.05, 0) is 18.2 Å². The SMILES string of the molecule is C=CB1C=CC(C=C)=C(C=C)O1.c1ccncc1. The molecule has 0 atom stereocenters. The zero-order valence-electron chi connectivity index (χ0n) is 10.3. The molecule has 2 heterocycles. The zero-order valence-corrected chi connectivity index (χ0v) is 10.3. The highest BCUT2D eigenvalue weighted by atomic mass is 16.4. The van der Waals surface area contributed by atoms with Crippen molar-refractivity contribution >= 4 is 6.92 Å². The van der Waals surface area contributed by atoms with E-state index in [9.17, 15) is 0 Å². The van der Waals surface area contributed by atoms with Gasteiger partial charge in [0, 0.05) is 18.0 Å². The molecule has 3 heteroatoms. The van der Waals surface area contributed by atoms with Crippen molar-refractivity contribution in [2.24, 2.45) is 0 Å². The molecule has 0 spiro atoms. The van der Waals surface area contributed by atoms with E-state index < -0.39 is 0 Å². The van der Waals surface area contributed by atoms with E-state index in [1.807, 2.05) is 30.3 Å². The summed E-state index contributed by atoms with van der Waals surface area (Å²) in [6, 6.07) is 5.72. The second-order valence-corrected chi connectivity index (χ2v) is 3.43. The highest BCUT2D eigenvalue weighted by Crippen LogP contribution is 2.17. The van der Waals surface area contributed by atoms with Crippen molar-refractivity contribution in [1.82, 2.24) is 4.98 Å². The molecule has 1 aromatic rings. The Morgan fingerprint density at radius 2 is 1.78 bits per heavy atom. The van der Waals surface area contributed by atoms with Gasteiger partial charge >= 0.3 is 6.92 Å². The fourth-order valence-electron chi connectivity index (χ4n) is 1.31. The van der Waals surface area contributed by atoms with E-state index in [0.29, 0.717) is 0 Å². The lowest BCUT2D eigenvalue weighted by atomic mass is 9.67. The van der Waals surface area contributed by atoms with Gasteiger partial charge in [0.15, 0.2) is 0 Å². The van der Waals surface area contributed by atoms with Crippen molar-refractivity contribution in [3.63, 3.8) is 0 Å². The summed E-state index contributed by atoms with van der Waals surface area (Å²) in [5, 5.41) is 0. The molecule has 0 N–H and O–H groups in total. The lowest BCUT2D eigenvalue weighted by Gasteiger charge is -2.16. The maximum absolute atomic E-state index is 5.47. The van der Waals surface area contributed by atoms with Crippen LogP contribution in [0.5, 0.6) is 0 Å². The summed E-state index contributed by atoms with van der Waals surface area (Å²) in [5.41, 5.74) is 0.961. The van der Waals surface area contributed by atoms with Crippen LogP contribution in [0.3, 0.4) is 0 Å². The van der Waals surface area contributed by atoms with E-state index in [1.165, 1.54) is 0 Å². The van der Waals surface area contributed by atoms with Crippen LogP contribution in [0.25, 0.3) is 0 Å². The van der Waals surface area contributed by atoms with Crippen LogP contribution in [-0.2, 0) is 4.65 Å². The molecule has 1 aliphatic rings. The summed E-state index contributed by atoms with van der Waals surface area (Å²) in [7, 11) is 0. The first kappa shape index (κ1) is 13.8. The quantitative estimate of drug-likeness (QED) is 0.750. The number of allylic oxidation sites excluding steroid dienone is 4. The number of hydrogen-bond acceptors (Lipinski definition) is 2. The van der Waals surface area contributed by atoms with Crippen molar-refractivity contribution in [3.8, 4) is 0 Å². The molecule has 18 heavy (non-hydrogen) atoms. The van der Waals surface area contributed by atoms with Gasteiger partial charge in [0.2, 0.25) is 0 Å². The number of rotatable bonds is 3. The predicted octanol–water partition coefficient (Wildman–Crippen LogP) is 3.54. The Morgan fingerprint density at radius 3 is 2.17 bits per heavy atom. The van der Waals surface area contributed by atoms with Gasteiger partial charge in [-0.25, -0.2) is 0 Å². The number of hydrogen-bond donors (Lipinski definition) is 0.